The van der Waals surface area contributed by atoms with Crippen LogP contribution in [-0.4, -0.2) is 39.2 Å². The number of methoxy groups -OCH3 is 1. The molecule has 156 valence electrons. The molecule has 9 nitrogen and oxygen atoms in total. The molecule has 0 aliphatic rings. The molecule has 13 heteroatoms. The fourth-order valence-electron chi connectivity index (χ4n) is 2.08. The van der Waals surface area contributed by atoms with E-state index >= 15 is 0 Å². The number of amides is 2. The van der Waals surface area contributed by atoms with Gasteiger partial charge < -0.3 is 20.5 Å². The van der Waals surface area contributed by atoms with Crippen LogP contribution in [0.2, 0.25) is 15.1 Å². The van der Waals surface area contributed by atoms with Crippen molar-refractivity contribution >= 4 is 68.2 Å². The molecule has 0 spiro atoms. The van der Waals surface area contributed by atoms with E-state index in [1.807, 2.05) is 4.72 Å². The first-order valence-corrected chi connectivity index (χ1v) is 10.3. The van der Waals surface area contributed by atoms with Crippen molar-refractivity contribution in [1.82, 2.24) is 4.72 Å². The number of nitrogens with one attached hydrogen (secondary N) is 3. The van der Waals surface area contributed by atoms with Crippen LogP contribution in [0.3, 0.4) is 0 Å². The number of halogens is 3. The summed E-state index contributed by atoms with van der Waals surface area (Å²) in [5.41, 5.74) is -0.0683. The molecule has 2 aromatic carbocycles. The van der Waals surface area contributed by atoms with Gasteiger partial charge in [-0.2, -0.15) is 4.72 Å². The molecule has 0 bridgehead atoms. The predicted molar refractivity (Wildman–Crippen MR) is 109 cm³/mol. The fraction of sp³-hybridized carbons (Fsp3) is 0.125. The van der Waals surface area contributed by atoms with Gasteiger partial charge in [0.15, 0.2) is 5.75 Å². The van der Waals surface area contributed by atoms with E-state index in [1.165, 1.54) is 18.2 Å². The summed E-state index contributed by atoms with van der Waals surface area (Å²) in [5.74, 6) is -1.68. The predicted octanol–water partition coefficient (Wildman–Crippen LogP) is 3.45. The minimum Gasteiger partial charge on any atom is -0.504 e. The first-order valence-electron chi connectivity index (χ1n) is 7.66. The van der Waals surface area contributed by atoms with Crippen molar-refractivity contribution in [3.63, 3.8) is 0 Å². The lowest BCUT2D eigenvalue weighted by Crippen LogP contribution is -2.30. The SMILES string of the molecule is COC(=O)CNS(=O)(=O)c1c(Cl)ccc(NC(=O)Nc2cccc(Cl)c2Cl)c1O. The van der Waals surface area contributed by atoms with Gasteiger partial charge in [-0.05, 0) is 24.3 Å². The first kappa shape index (κ1) is 23.0. The lowest BCUT2D eigenvalue weighted by atomic mass is 10.3. The van der Waals surface area contributed by atoms with Crippen molar-refractivity contribution in [3.8, 4) is 5.75 Å². The summed E-state index contributed by atoms with van der Waals surface area (Å²) in [5, 5.41) is 15.0. The van der Waals surface area contributed by atoms with Gasteiger partial charge in [-0.1, -0.05) is 40.9 Å². The number of benzene rings is 2. The Morgan fingerprint density at radius 2 is 1.69 bits per heavy atom. The van der Waals surface area contributed by atoms with Crippen molar-refractivity contribution in [2.24, 2.45) is 0 Å². The second kappa shape index (κ2) is 9.51. The molecular formula is C16H14Cl3N3O6S. The highest BCUT2D eigenvalue weighted by Gasteiger charge is 2.26. The summed E-state index contributed by atoms with van der Waals surface area (Å²) in [7, 11) is -3.32. The van der Waals surface area contributed by atoms with Crippen molar-refractivity contribution in [2.45, 2.75) is 4.90 Å². The van der Waals surface area contributed by atoms with E-state index in [-0.39, 0.29) is 26.4 Å². The summed E-state index contributed by atoms with van der Waals surface area (Å²) < 4.78 is 31.0. The van der Waals surface area contributed by atoms with Gasteiger partial charge in [0.25, 0.3) is 0 Å². The zero-order chi connectivity index (χ0) is 21.8. The molecule has 29 heavy (non-hydrogen) atoms. The summed E-state index contributed by atoms with van der Waals surface area (Å²) in [4.78, 5) is 22.6. The van der Waals surface area contributed by atoms with E-state index in [2.05, 4.69) is 15.4 Å². The molecule has 2 rings (SSSR count). The van der Waals surface area contributed by atoms with Crippen molar-refractivity contribution in [2.75, 3.05) is 24.3 Å². The van der Waals surface area contributed by atoms with Crippen molar-refractivity contribution < 1.29 is 27.9 Å². The van der Waals surface area contributed by atoms with Crippen LogP contribution in [0, 0.1) is 0 Å². The number of esters is 1. The van der Waals surface area contributed by atoms with Crippen LogP contribution in [0.15, 0.2) is 35.2 Å². The standard InChI is InChI=1S/C16H14Cl3N3O6S/c1-28-12(23)7-20-29(26,27)15-9(18)5-6-11(14(15)24)22-16(25)21-10-4-2-3-8(17)13(10)19/h2-6,20,24H,7H2,1H3,(H2,21,22,25). The Morgan fingerprint density at radius 3 is 2.34 bits per heavy atom. The van der Waals surface area contributed by atoms with Crippen molar-refractivity contribution in [1.29, 1.82) is 0 Å². The average Bonchev–Trinajstić information content (AvgIpc) is 2.65. The maximum absolute atomic E-state index is 12.4. The third-order valence-corrected chi connectivity index (χ3v) is 6.16. The highest BCUT2D eigenvalue weighted by Crippen LogP contribution is 2.37. The van der Waals surface area contributed by atoms with Crippen LogP contribution in [0.5, 0.6) is 5.75 Å². The summed E-state index contributed by atoms with van der Waals surface area (Å²) in [6, 6.07) is 6.07. The van der Waals surface area contributed by atoms with Crippen LogP contribution in [0.4, 0.5) is 16.2 Å². The highest BCUT2D eigenvalue weighted by atomic mass is 35.5. The number of urea groups is 1. The highest BCUT2D eigenvalue weighted by molar-refractivity contribution is 7.89. The Balaban J connectivity index is 2.27. The molecule has 0 saturated carbocycles. The Kier molecular flexibility index (Phi) is 7.55. The van der Waals surface area contributed by atoms with E-state index in [0.29, 0.717) is 0 Å². The largest absolute Gasteiger partial charge is 0.504 e. The molecule has 0 unspecified atom stereocenters. The first-order chi connectivity index (χ1) is 13.6. The van der Waals surface area contributed by atoms with Gasteiger partial charge in [0.05, 0.1) is 33.6 Å². The molecule has 0 fully saturated rings. The van der Waals surface area contributed by atoms with Crippen LogP contribution in [0.25, 0.3) is 0 Å². The lowest BCUT2D eigenvalue weighted by Gasteiger charge is -2.14. The number of phenolic OH excluding ortho intramolecular Hbond substituents is 1. The van der Waals surface area contributed by atoms with Crippen molar-refractivity contribution in [3.05, 3.63) is 45.4 Å². The monoisotopic (exact) mass is 481 g/mol. The Hall–Kier alpha value is -2.24. The second-order valence-corrected chi connectivity index (χ2v) is 8.25. The molecule has 2 aromatic rings. The maximum Gasteiger partial charge on any atom is 0.323 e. The molecule has 0 saturated heterocycles. The molecule has 0 radical (unpaired) electrons. The molecule has 0 heterocycles. The Labute approximate surface area is 180 Å². The number of carbonyl (C=O) groups is 2. The van der Waals surface area contributed by atoms with Gasteiger partial charge in [-0.25, -0.2) is 13.2 Å². The zero-order valence-electron chi connectivity index (χ0n) is 14.6. The molecule has 0 atom stereocenters. The molecule has 0 aliphatic carbocycles. The van der Waals surface area contributed by atoms with Gasteiger partial charge in [0.1, 0.15) is 11.4 Å². The molecule has 0 aromatic heterocycles. The quantitative estimate of drug-likeness (QED) is 0.368. The van der Waals surface area contributed by atoms with Gasteiger partial charge in [-0.15, -0.1) is 0 Å². The minimum absolute atomic E-state index is 0.0971. The number of aromatic hydroxyl groups is 1. The van der Waals surface area contributed by atoms with Crippen LogP contribution in [-0.2, 0) is 19.6 Å². The van der Waals surface area contributed by atoms with Gasteiger partial charge >= 0.3 is 12.0 Å². The number of hydrogen-bond donors (Lipinski definition) is 4. The van der Waals surface area contributed by atoms with Gasteiger partial charge in [0, 0.05) is 0 Å². The third kappa shape index (κ3) is 5.64. The van der Waals surface area contributed by atoms with E-state index in [0.717, 1.165) is 13.2 Å². The Morgan fingerprint density at radius 1 is 1.03 bits per heavy atom. The minimum atomic E-state index is -4.40. The number of hydrogen-bond acceptors (Lipinski definition) is 6. The van der Waals surface area contributed by atoms with E-state index < -0.39 is 39.2 Å². The number of phenols is 1. The second-order valence-electron chi connectivity index (χ2n) is 5.35. The molecule has 2 amide bonds. The molecule has 0 aliphatic heterocycles. The van der Waals surface area contributed by atoms with Crippen LogP contribution < -0.4 is 15.4 Å². The molecular weight excluding hydrogens is 469 g/mol. The van der Waals surface area contributed by atoms with Crippen LogP contribution >= 0.6 is 34.8 Å². The average molecular weight is 483 g/mol. The fourth-order valence-corrected chi connectivity index (χ4v) is 4.02. The van der Waals surface area contributed by atoms with E-state index in [4.69, 9.17) is 34.8 Å². The number of rotatable bonds is 6. The normalized spacial score (nSPS) is 11.0. The summed E-state index contributed by atoms with van der Waals surface area (Å²) in [6.07, 6.45) is 0. The smallest absolute Gasteiger partial charge is 0.323 e. The topological polar surface area (TPSA) is 134 Å². The number of carbonyl (C=O) groups excluding carboxylic acids is 2. The van der Waals surface area contributed by atoms with Gasteiger partial charge in [0.2, 0.25) is 10.0 Å². The van der Waals surface area contributed by atoms with Crippen LogP contribution in [0.1, 0.15) is 0 Å². The Bertz CT molecular complexity index is 1060. The summed E-state index contributed by atoms with van der Waals surface area (Å²) >= 11 is 17.7. The summed E-state index contributed by atoms with van der Waals surface area (Å²) in [6.45, 7) is -0.681. The van der Waals surface area contributed by atoms with Gasteiger partial charge in [-0.3, -0.25) is 4.79 Å². The number of ether oxygens (including phenoxy) is 1. The van der Waals surface area contributed by atoms with E-state index in [9.17, 15) is 23.1 Å². The zero-order valence-corrected chi connectivity index (χ0v) is 17.7. The number of anilines is 2. The van der Waals surface area contributed by atoms with E-state index in [1.54, 1.807) is 6.07 Å². The number of sulfonamides is 1. The maximum atomic E-state index is 12.4. The molecule has 4 N–H and O–H groups in total. The third-order valence-electron chi connectivity index (χ3n) is 3.43. The lowest BCUT2D eigenvalue weighted by molar-refractivity contribution is -0.139.